The Morgan fingerprint density at radius 2 is 1.27 bits per heavy atom. The monoisotopic (exact) mass is 506 g/mol. The van der Waals surface area contributed by atoms with Gasteiger partial charge in [-0.2, -0.15) is 0 Å². The molecule has 0 saturated heterocycles. The molecule has 0 atom stereocenters. The molecule has 3 rings (SSSR count). The quantitative estimate of drug-likeness (QED) is 0.113. The Bertz CT molecular complexity index is 1220. The molecule has 0 aliphatic heterocycles. The Labute approximate surface area is 215 Å². The Morgan fingerprint density at radius 1 is 0.703 bits per heavy atom. The molecule has 0 aliphatic rings. The molecule has 8 heteroatoms. The molecule has 0 aliphatic carbocycles. The average molecular weight is 507 g/mol. The Hall–Kier alpha value is -4.33. The third kappa shape index (κ3) is 8.68. The highest BCUT2D eigenvalue weighted by atomic mass is 16.5. The standard InChI is InChI=1S/C29H30O8/c1-3-27(30)34-16-6-5-15-33-24-13-11-21(12-14-24)22-9-10-23-20-26(37-25(23)19-22)29(32)36-18-8-7-17-35-28(31)4-2/h3-4,9-14,19-20H,1-2,5-8,15-18H2. The van der Waals surface area contributed by atoms with Gasteiger partial charge in [0.05, 0.1) is 26.4 Å². The van der Waals surface area contributed by atoms with Crippen molar-refractivity contribution in [1.29, 1.82) is 0 Å². The third-order valence-electron chi connectivity index (χ3n) is 5.31. The lowest BCUT2D eigenvalue weighted by atomic mass is 10.0. The van der Waals surface area contributed by atoms with Crippen molar-refractivity contribution in [3.8, 4) is 16.9 Å². The molecule has 8 nitrogen and oxygen atoms in total. The fourth-order valence-electron chi connectivity index (χ4n) is 3.35. The molecule has 0 radical (unpaired) electrons. The van der Waals surface area contributed by atoms with Crippen LogP contribution in [-0.2, 0) is 23.8 Å². The smallest absolute Gasteiger partial charge is 0.374 e. The van der Waals surface area contributed by atoms with E-state index in [-0.39, 0.29) is 19.0 Å². The summed E-state index contributed by atoms with van der Waals surface area (Å²) in [6.07, 6.45) is 4.86. The largest absolute Gasteiger partial charge is 0.494 e. The zero-order valence-electron chi connectivity index (χ0n) is 20.6. The molecule has 1 heterocycles. The molecule has 2 aromatic carbocycles. The zero-order chi connectivity index (χ0) is 26.5. The predicted octanol–water partition coefficient (Wildman–Crippen LogP) is 5.65. The van der Waals surface area contributed by atoms with Gasteiger partial charge in [0.1, 0.15) is 11.3 Å². The highest BCUT2D eigenvalue weighted by molar-refractivity contribution is 5.93. The number of hydrogen-bond acceptors (Lipinski definition) is 8. The number of ether oxygens (including phenoxy) is 4. The van der Waals surface area contributed by atoms with Crippen molar-refractivity contribution in [2.24, 2.45) is 0 Å². The van der Waals surface area contributed by atoms with Crippen LogP contribution in [0.1, 0.15) is 36.2 Å². The van der Waals surface area contributed by atoms with Gasteiger partial charge in [0, 0.05) is 17.5 Å². The number of esters is 3. The van der Waals surface area contributed by atoms with E-state index in [2.05, 4.69) is 13.2 Å². The van der Waals surface area contributed by atoms with Crippen LogP contribution >= 0.6 is 0 Å². The van der Waals surface area contributed by atoms with Crippen LogP contribution in [0.2, 0.25) is 0 Å². The maximum Gasteiger partial charge on any atom is 0.374 e. The van der Waals surface area contributed by atoms with Crippen molar-refractivity contribution in [3.05, 3.63) is 79.6 Å². The number of rotatable bonds is 15. The summed E-state index contributed by atoms with van der Waals surface area (Å²) in [7, 11) is 0. The number of hydrogen-bond donors (Lipinski definition) is 0. The van der Waals surface area contributed by atoms with Crippen molar-refractivity contribution >= 4 is 28.9 Å². The van der Waals surface area contributed by atoms with Gasteiger partial charge >= 0.3 is 17.9 Å². The van der Waals surface area contributed by atoms with E-state index < -0.39 is 17.9 Å². The topological polar surface area (TPSA) is 101 Å². The zero-order valence-corrected chi connectivity index (χ0v) is 20.6. The summed E-state index contributed by atoms with van der Waals surface area (Å²) in [5.41, 5.74) is 2.49. The first-order chi connectivity index (χ1) is 18.0. The van der Waals surface area contributed by atoms with Gasteiger partial charge in [0.15, 0.2) is 0 Å². The van der Waals surface area contributed by atoms with E-state index in [0.29, 0.717) is 38.1 Å². The van der Waals surface area contributed by atoms with Gasteiger partial charge in [0.2, 0.25) is 5.76 Å². The molecular weight excluding hydrogens is 476 g/mol. The number of furan rings is 1. The Morgan fingerprint density at radius 3 is 1.89 bits per heavy atom. The molecule has 3 aromatic rings. The van der Waals surface area contributed by atoms with Gasteiger partial charge in [-0.3, -0.25) is 0 Å². The second-order valence-corrected chi connectivity index (χ2v) is 8.03. The summed E-state index contributed by atoms with van der Waals surface area (Å²) < 4.78 is 26.5. The number of carbonyl (C=O) groups is 3. The fraction of sp³-hybridized carbons (Fsp3) is 0.276. The normalized spacial score (nSPS) is 10.5. The predicted molar refractivity (Wildman–Crippen MR) is 138 cm³/mol. The van der Waals surface area contributed by atoms with Crippen LogP contribution < -0.4 is 4.74 Å². The molecule has 37 heavy (non-hydrogen) atoms. The molecule has 0 bridgehead atoms. The number of fused-ring (bicyclic) bond motifs is 1. The Balaban J connectivity index is 1.47. The number of benzene rings is 2. The van der Waals surface area contributed by atoms with E-state index >= 15 is 0 Å². The van der Waals surface area contributed by atoms with E-state index in [1.54, 1.807) is 6.07 Å². The van der Waals surface area contributed by atoms with E-state index in [4.69, 9.17) is 23.4 Å². The molecule has 0 N–H and O–H groups in total. The van der Waals surface area contributed by atoms with Gasteiger partial charge in [0.25, 0.3) is 0 Å². The SMILES string of the molecule is C=CC(=O)OCCCCOC(=O)c1cc2ccc(-c3ccc(OCCCCOC(=O)C=C)cc3)cc2o1. The lowest BCUT2D eigenvalue weighted by Crippen LogP contribution is -2.07. The summed E-state index contributed by atoms with van der Waals surface area (Å²) in [6.45, 7) is 7.99. The first-order valence-corrected chi connectivity index (χ1v) is 12.0. The van der Waals surface area contributed by atoms with Gasteiger partial charge in [-0.05, 0) is 61.1 Å². The lowest BCUT2D eigenvalue weighted by molar-refractivity contribution is -0.138. The van der Waals surface area contributed by atoms with Crippen molar-refractivity contribution in [1.82, 2.24) is 0 Å². The van der Waals surface area contributed by atoms with Crippen molar-refractivity contribution < 1.29 is 37.7 Å². The van der Waals surface area contributed by atoms with Gasteiger partial charge < -0.3 is 23.4 Å². The third-order valence-corrected chi connectivity index (χ3v) is 5.31. The molecule has 0 spiro atoms. The minimum Gasteiger partial charge on any atom is -0.494 e. The first-order valence-electron chi connectivity index (χ1n) is 12.0. The highest BCUT2D eigenvalue weighted by Crippen LogP contribution is 2.28. The van der Waals surface area contributed by atoms with Crippen molar-refractivity contribution in [2.45, 2.75) is 25.7 Å². The number of carbonyl (C=O) groups excluding carboxylic acids is 3. The van der Waals surface area contributed by atoms with Gasteiger partial charge in [-0.15, -0.1) is 0 Å². The van der Waals surface area contributed by atoms with Gasteiger partial charge in [-0.1, -0.05) is 37.4 Å². The summed E-state index contributed by atoms with van der Waals surface area (Å²) in [5, 5.41) is 0.797. The van der Waals surface area contributed by atoms with Crippen LogP contribution in [0.15, 0.2) is 78.3 Å². The van der Waals surface area contributed by atoms with E-state index in [1.807, 2.05) is 42.5 Å². The van der Waals surface area contributed by atoms with E-state index in [9.17, 15) is 14.4 Å². The first kappa shape index (κ1) is 27.3. The van der Waals surface area contributed by atoms with Crippen molar-refractivity contribution in [3.63, 3.8) is 0 Å². The second-order valence-electron chi connectivity index (χ2n) is 8.03. The maximum atomic E-state index is 12.3. The van der Waals surface area contributed by atoms with Crippen LogP contribution in [0.25, 0.3) is 22.1 Å². The average Bonchev–Trinajstić information content (AvgIpc) is 3.36. The summed E-state index contributed by atoms with van der Waals surface area (Å²) in [6, 6.07) is 15.1. The van der Waals surface area contributed by atoms with Crippen LogP contribution in [0, 0.1) is 0 Å². The second kappa shape index (κ2) is 14.3. The maximum absolute atomic E-state index is 12.3. The lowest BCUT2D eigenvalue weighted by Gasteiger charge is -2.08. The summed E-state index contributed by atoms with van der Waals surface area (Å²) in [4.78, 5) is 34.3. The highest BCUT2D eigenvalue weighted by Gasteiger charge is 2.14. The molecule has 0 amide bonds. The van der Waals surface area contributed by atoms with Crippen LogP contribution in [-0.4, -0.2) is 44.3 Å². The molecular formula is C29H30O8. The van der Waals surface area contributed by atoms with Crippen LogP contribution in [0.5, 0.6) is 5.75 Å². The summed E-state index contributed by atoms with van der Waals surface area (Å²) in [5.74, 6) is -0.553. The Kier molecular flexibility index (Phi) is 10.5. The molecule has 194 valence electrons. The van der Waals surface area contributed by atoms with Crippen molar-refractivity contribution in [2.75, 3.05) is 26.4 Å². The van der Waals surface area contributed by atoms with Crippen LogP contribution in [0.3, 0.4) is 0 Å². The fourth-order valence-corrected chi connectivity index (χ4v) is 3.35. The minimum atomic E-state index is -0.541. The van der Waals surface area contributed by atoms with Crippen LogP contribution in [0.4, 0.5) is 0 Å². The van der Waals surface area contributed by atoms with Gasteiger partial charge in [-0.25, -0.2) is 14.4 Å². The van der Waals surface area contributed by atoms with E-state index in [1.165, 1.54) is 0 Å². The molecule has 0 saturated carbocycles. The molecule has 0 fully saturated rings. The van der Waals surface area contributed by atoms with E-state index in [0.717, 1.165) is 40.8 Å². The number of unbranched alkanes of at least 4 members (excludes halogenated alkanes) is 2. The summed E-state index contributed by atoms with van der Waals surface area (Å²) >= 11 is 0. The minimum absolute atomic E-state index is 0.133. The molecule has 0 unspecified atom stereocenters. The molecule has 1 aromatic heterocycles.